The molecule has 0 aliphatic heterocycles. The third-order valence-corrected chi connectivity index (χ3v) is 9.28. The number of aryl methyl sites for hydroxylation is 4. The van der Waals surface area contributed by atoms with Gasteiger partial charge in [0.05, 0.1) is 5.69 Å². The Morgan fingerprint density at radius 1 is 0.780 bits per heavy atom. The summed E-state index contributed by atoms with van der Waals surface area (Å²) in [6.07, 6.45) is 14.7. The Morgan fingerprint density at radius 3 is 2.51 bits per heavy atom. The Balaban J connectivity index is 1.04. The molecule has 1 atom stereocenters. The molecule has 1 fully saturated rings. The van der Waals surface area contributed by atoms with Gasteiger partial charge in [0.2, 0.25) is 11.9 Å². The fourth-order valence-corrected chi connectivity index (χ4v) is 6.97. The van der Waals surface area contributed by atoms with E-state index in [1.807, 2.05) is 0 Å². The van der Waals surface area contributed by atoms with Crippen LogP contribution in [-0.4, -0.2) is 37.5 Å². The van der Waals surface area contributed by atoms with Crippen LogP contribution in [0.15, 0.2) is 48.5 Å². The summed E-state index contributed by atoms with van der Waals surface area (Å²) in [5.74, 6) is 2.22. The van der Waals surface area contributed by atoms with Gasteiger partial charge in [-0.25, -0.2) is 0 Å². The van der Waals surface area contributed by atoms with Crippen molar-refractivity contribution in [2.24, 2.45) is 5.92 Å². The van der Waals surface area contributed by atoms with Gasteiger partial charge < -0.3 is 16.4 Å². The van der Waals surface area contributed by atoms with E-state index in [9.17, 15) is 0 Å². The van der Waals surface area contributed by atoms with Crippen LogP contribution in [0.1, 0.15) is 73.6 Å². The number of fused-ring (bicyclic) bond motifs is 4. The van der Waals surface area contributed by atoms with Gasteiger partial charge in [-0.15, -0.1) is 15.3 Å². The number of nitrogens with one attached hydrogen (secondary N) is 2. The molecule has 0 amide bonds. The van der Waals surface area contributed by atoms with E-state index < -0.39 is 0 Å². The summed E-state index contributed by atoms with van der Waals surface area (Å²) in [7, 11) is 0. The molecule has 0 saturated heterocycles. The highest BCUT2D eigenvalue weighted by atomic mass is 15.4. The number of nitrogens with two attached hydrogens (primary N) is 1. The van der Waals surface area contributed by atoms with Crippen LogP contribution >= 0.6 is 0 Å². The van der Waals surface area contributed by atoms with Crippen LogP contribution in [0.2, 0.25) is 0 Å². The number of benzene rings is 2. The molecule has 0 radical (unpaired) electrons. The Hall–Kier alpha value is -3.78. The van der Waals surface area contributed by atoms with Crippen molar-refractivity contribution in [3.05, 3.63) is 70.8 Å². The lowest BCUT2D eigenvalue weighted by Crippen LogP contribution is -2.34. The summed E-state index contributed by atoms with van der Waals surface area (Å²) in [6, 6.07) is 17.8. The van der Waals surface area contributed by atoms with Gasteiger partial charge in [-0.3, -0.25) is 0 Å². The summed E-state index contributed by atoms with van der Waals surface area (Å²) in [5, 5.41) is 21.1. The summed E-state index contributed by atoms with van der Waals surface area (Å²) in [5.41, 5.74) is 14.8. The summed E-state index contributed by atoms with van der Waals surface area (Å²) < 4.78 is 1.58. The van der Waals surface area contributed by atoms with Crippen LogP contribution in [0.25, 0.3) is 17.1 Å². The topological polar surface area (TPSA) is 107 Å². The van der Waals surface area contributed by atoms with Crippen molar-refractivity contribution >= 4 is 17.6 Å². The Kier molecular flexibility index (Phi) is 7.40. The molecule has 1 saturated carbocycles. The molecule has 8 heteroatoms. The van der Waals surface area contributed by atoms with Crippen LogP contribution < -0.4 is 16.4 Å². The minimum absolute atomic E-state index is 0.289. The first-order valence-electron chi connectivity index (χ1n) is 15.5. The molecule has 3 aliphatic carbocycles. The van der Waals surface area contributed by atoms with Crippen LogP contribution in [0.3, 0.4) is 0 Å². The molecule has 212 valence electrons. The van der Waals surface area contributed by atoms with Crippen molar-refractivity contribution in [1.82, 2.24) is 30.3 Å². The van der Waals surface area contributed by atoms with Crippen LogP contribution in [-0.2, 0) is 25.7 Å². The van der Waals surface area contributed by atoms with Gasteiger partial charge in [0.1, 0.15) is 0 Å². The van der Waals surface area contributed by atoms with Gasteiger partial charge in [0.15, 0.2) is 5.82 Å². The van der Waals surface area contributed by atoms with Crippen molar-refractivity contribution in [3.8, 4) is 17.1 Å². The molecule has 7 rings (SSSR count). The van der Waals surface area contributed by atoms with Crippen molar-refractivity contribution in [2.45, 2.75) is 83.1 Å². The van der Waals surface area contributed by atoms with E-state index in [2.05, 4.69) is 79.4 Å². The lowest BCUT2D eigenvalue weighted by molar-refractivity contribution is 0.319. The van der Waals surface area contributed by atoms with E-state index in [4.69, 9.17) is 5.73 Å². The number of nitrogen functional groups attached to an aromatic ring is 1. The smallest absolute Gasteiger partial charge is 0.248 e. The van der Waals surface area contributed by atoms with E-state index in [-0.39, 0.29) is 5.95 Å². The number of hydrogen-bond donors (Lipinski definition) is 3. The summed E-state index contributed by atoms with van der Waals surface area (Å²) in [4.78, 5) is 4.50. The lowest BCUT2D eigenvalue weighted by atomic mass is 9.89. The average molecular weight is 549 g/mol. The minimum Gasteiger partial charge on any atom is -0.368 e. The monoisotopic (exact) mass is 548 g/mol. The third-order valence-electron chi connectivity index (χ3n) is 9.28. The average Bonchev–Trinajstić information content (AvgIpc) is 3.15. The van der Waals surface area contributed by atoms with Gasteiger partial charge in [0.25, 0.3) is 0 Å². The van der Waals surface area contributed by atoms with Crippen molar-refractivity contribution in [1.29, 1.82) is 0 Å². The first-order valence-corrected chi connectivity index (χ1v) is 15.5. The first kappa shape index (κ1) is 26.1. The Morgan fingerprint density at radius 2 is 1.61 bits per heavy atom. The van der Waals surface area contributed by atoms with Gasteiger partial charge in [0, 0.05) is 17.3 Å². The molecule has 2 aromatic carbocycles. The maximum atomic E-state index is 6.31. The zero-order chi connectivity index (χ0) is 27.6. The maximum Gasteiger partial charge on any atom is 0.248 e. The fourth-order valence-electron chi connectivity index (χ4n) is 6.97. The van der Waals surface area contributed by atoms with E-state index in [0.717, 1.165) is 49.4 Å². The second-order valence-electron chi connectivity index (χ2n) is 12.1. The zero-order valence-corrected chi connectivity index (χ0v) is 23.8. The highest BCUT2D eigenvalue weighted by Gasteiger charge is 2.21. The maximum absolute atomic E-state index is 6.31. The predicted octanol–water partition coefficient (Wildman–Crippen LogP) is 5.96. The molecule has 0 spiro atoms. The van der Waals surface area contributed by atoms with Crippen molar-refractivity contribution < 1.29 is 0 Å². The second kappa shape index (κ2) is 11.6. The van der Waals surface area contributed by atoms with Crippen LogP contribution in [0, 0.1) is 5.92 Å². The van der Waals surface area contributed by atoms with Crippen molar-refractivity contribution in [2.75, 3.05) is 17.6 Å². The normalized spacial score (nSPS) is 19.0. The number of aromatic nitrogens is 5. The quantitative estimate of drug-likeness (QED) is 0.255. The SMILES string of the molecule is Nc1nc(Nc2ccc3c(c2)CC[C@@H](NCC2CCCCC2)CC3)nn1-c1cc2c(nn1)-c1ccccc1CCC2. The molecule has 0 bridgehead atoms. The predicted molar refractivity (Wildman–Crippen MR) is 164 cm³/mol. The van der Waals surface area contributed by atoms with Crippen LogP contribution in [0.4, 0.5) is 17.6 Å². The van der Waals surface area contributed by atoms with Gasteiger partial charge in [-0.05, 0) is 111 Å². The van der Waals surface area contributed by atoms with Crippen molar-refractivity contribution in [3.63, 3.8) is 0 Å². The molecule has 8 nitrogen and oxygen atoms in total. The Bertz CT molecular complexity index is 1520. The molecule has 2 aromatic heterocycles. The van der Waals surface area contributed by atoms with Gasteiger partial charge >= 0.3 is 0 Å². The fraction of sp³-hybridized carbons (Fsp3) is 0.455. The molecular weight excluding hydrogens is 508 g/mol. The highest BCUT2D eigenvalue weighted by molar-refractivity contribution is 5.68. The van der Waals surface area contributed by atoms with Gasteiger partial charge in [-0.1, -0.05) is 49.6 Å². The molecular formula is C33H40N8. The molecule has 3 aliphatic rings. The largest absolute Gasteiger partial charge is 0.368 e. The Labute approximate surface area is 242 Å². The molecule has 2 heterocycles. The van der Waals surface area contributed by atoms with E-state index in [0.29, 0.717) is 17.8 Å². The minimum atomic E-state index is 0.289. The number of anilines is 3. The molecule has 0 unspecified atom stereocenters. The second-order valence-corrected chi connectivity index (χ2v) is 12.1. The van der Waals surface area contributed by atoms with E-state index in [1.54, 1.807) is 4.68 Å². The summed E-state index contributed by atoms with van der Waals surface area (Å²) >= 11 is 0. The highest BCUT2D eigenvalue weighted by Crippen LogP contribution is 2.32. The lowest BCUT2D eigenvalue weighted by Gasteiger charge is -2.25. The number of nitrogens with zero attached hydrogens (tertiary/aromatic N) is 5. The zero-order valence-electron chi connectivity index (χ0n) is 23.8. The van der Waals surface area contributed by atoms with Crippen LogP contribution in [0.5, 0.6) is 0 Å². The number of rotatable bonds is 6. The third kappa shape index (κ3) is 5.71. The molecule has 4 N–H and O–H groups in total. The molecule has 41 heavy (non-hydrogen) atoms. The van der Waals surface area contributed by atoms with E-state index in [1.165, 1.54) is 79.3 Å². The van der Waals surface area contributed by atoms with Gasteiger partial charge in [-0.2, -0.15) is 9.67 Å². The standard InChI is InChI=1S/C33H40N8/c34-32-37-33(40-41(32)30-20-26-11-6-10-24-9-4-5-12-29(24)31(26)39-38-30)36-28-18-14-23-13-16-27(17-15-25(23)19-28)35-21-22-7-2-1-3-8-22/h4-5,9,12,14,18-20,22,27,35H,1-3,6-8,10-11,13,15-17,21H2,(H3,34,36,37,40)/t27-/m0/s1. The first-order chi connectivity index (χ1) is 20.2. The molecule has 4 aromatic rings. The summed E-state index contributed by atoms with van der Waals surface area (Å²) in [6.45, 7) is 1.19. The number of hydrogen-bond acceptors (Lipinski definition) is 7. The van der Waals surface area contributed by atoms with E-state index >= 15 is 0 Å².